The van der Waals surface area contributed by atoms with E-state index in [1.54, 1.807) is 18.0 Å². The van der Waals surface area contributed by atoms with Crippen molar-refractivity contribution < 1.29 is 37.7 Å². The molecule has 3 atom stereocenters. The molecule has 0 aliphatic carbocycles. The van der Waals surface area contributed by atoms with Crippen LogP contribution in [0.4, 0.5) is 15.1 Å². The topological polar surface area (TPSA) is 170 Å². The molecular weight excluding hydrogens is 868 g/mol. The number of benzene rings is 5. The van der Waals surface area contributed by atoms with Crippen LogP contribution in [0, 0.1) is 5.82 Å². The number of imidazole rings is 1. The summed E-state index contributed by atoms with van der Waals surface area (Å²) in [6.07, 6.45) is 2.58. The minimum absolute atomic E-state index is 0.0220. The van der Waals surface area contributed by atoms with Crippen molar-refractivity contribution in [2.24, 2.45) is 5.73 Å². The molecule has 4 N–H and O–H groups in total. The summed E-state index contributed by atoms with van der Waals surface area (Å²) in [6, 6.07) is 31.0. The highest BCUT2D eigenvalue weighted by atomic mass is 19.1. The Labute approximate surface area is 390 Å². The van der Waals surface area contributed by atoms with Crippen LogP contribution in [0.3, 0.4) is 0 Å². The molecule has 0 spiro atoms. The van der Waals surface area contributed by atoms with Crippen LogP contribution >= 0.6 is 0 Å². The lowest BCUT2D eigenvalue weighted by Gasteiger charge is -2.46. The van der Waals surface area contributed by atoms with Gasteiger partial charge in [0, 0.05) is 67.4 Å². The van der Waals surface area contributed by atoms with Gasteiger partial charge in [0.1, 0.15) is 24.2 Å². The van der Waals surface area contributed by atoms with Crippen molar-refractivity contribution in [3.8, 4) is 17.2 Å². The van der Waals surface area contributed by atoms with Crippen molar-refractivity contribution >= 4 is 57.4 Å². The maximum atomic E-state index is 14.1. The summed E-state index contributed by atoms with van der Waals surface area (Å²) in [7, 11) is 1.69. The number of morpholine rings is 1. The Morgan fingerprint density at radius 3 is 2.59 bits per heavy atom. The lowest BCUT2D eigenvalue weighted by molar-refractivity contribution is -0.157. The average Bonchev–Trinajstić information content (AvgIpc) is 4.04. The molecule has 2 fully saturated rings. The maximum Gasteiger partial charge on any atom is 0.318 e. The number of fused-ring (bicyclic) bond motifs is 8. The molecule has 5 aliphatic rings. The Morgan fingerprint density at radius 2 is 1.74 bits per heavy atom. The predicted molar refractivity (Wildman–Crippen MR) is 254 cm³/mol. The van der Waals surface area contributed by atoms with E-state index in [0.29, 0.717) is 49.4 Å². The number of hydrogen-bond acceptors (Lipinski definition) is 9. The molecule has 0 unspecified atom stereocenters. The molecule has 12 rings (SSSR count). The third-order valence-corrected chi connectivity index (χ3v) is 13.4. The summed E-state index contributed by atoms with van der Waals surface area (Å²) < 4.78 is 38.6. The molecule has 68 heavy (non-hydrogen) atoms. The first-order valence-corrected chi connectivity index (χ1v) is 22.7. The molecule has 5 aromatic carbocycles. The number of carbonyl (C=O) groups is 3. The Hall–Kier alpha value is -7.69. The van der Waals surface area contributed by atoms with Crippen LogP contribution in [0.5, 0.6) is 17.2 Å². The van der Waals surface area contributed by atoms with Gasteiger partial charge in [0.2, 0.25) is 24.6 Å². The first-order chi connectivity index (χ1) is 33.1. The van der Waals surface area contributed by atoms with Gasteiger partial charge in [-0.05, 0) is 88.9 Å². The number of amides is 4. The number of nitrogens with two attached hydrogens (primary N) is 1. The van der Waals surface area contributed by atoms with E-state index < -0.39 is 12.1 Å². The fraction of sp³-hybridized carbons (Fsp3) is 0.269. The van der Waals surface area contributed by atoms with Crippen LogP contribution in [-0.2, 0) is 27.4 Å². The molecule has 0 bridgehead atoms. The van der Waals surface area contributed by atoms with E-state index in [4.69, 9.17) is 29.7 Å². The van der Waals surface area contributed by atoms with E-state index in [9.17, 15) is 18.8 Å². The van der Waals surface area contributed by atoms with Crippen molar-refractivity contribution in [1.82, 2.24) is 29.2 Å². The number of aromatic amines is 1. The number of nitrogens with zero attached hydrogens (tertiary/aromatic N) is 5. The summed E-state index contributed by atoms with van der Waals surface area (Å²) in [4.78, 5) is 51.8. The molecule has 4 amide bonds. The molecule has 16 heteroatoms. The second-order valence-corrected chi connectivity index (χ2v) is 17.7. The lowest BCUT2D eigenvalue weighted by atomic mass is 9.86. The number of urea groups is 1. The third kappa shape index (κ3) is 7.84. The fourth-order valence-corrected chi connectivity index (χ4v) is 10.3. The van der Waals surface area contributed by atoms with Crippen LogP contribution in [0.1, 0.15) is 58.1 Å². The predicted octanol–water partition coefficient (Wildman–Crippen LogP) is 7.25. The Bertz CT molecular complexity index is 3180. The van der Waals surface area contributed by atoms with E-state index in [2.05, 4.69) is 40.3 Å². The zero-order valence-corrected chi connectivity index (χ0v) is 37.5. The first kappa shape index (κ1) is 42.9. The van der Waals surface area contributed by atoms with Crippen LogP contribution in [-0.4, -0.2) is 106 Å². The Kier molecular flexibility index (Phi) is 11.1. The SMILES string of the molecule is CN1CC(=O)N2[C@H](c3ccc4c(c3)OCO4)c3[nH]c4ccccc4c3C[C@@H]2C1=O.C[C@H](CN1CCOCC1)n1c(NC(N)=O)nc2cc(/C=C3\c4ccccc4COc4cc(F)ccc43)ccc21. The summed E-state index contributed by atoms with van der Waals surface area (Å²) in [5.41, 5.74) is 15.8. The van der Waals surface area contributed by atoms with E-state index >= 15 is 0 Å². The Balaban J connectivity index is 0.000000155. The van der Waals surface area contributed by atoms with Crippen molar-refractivity contribution in [2.75, 3.05) is 58.6 Å². The largest absolute Gasteiger partial charge is 0.488 e. The summed E-state index contributed by atoms with van der Waals surface area (Å²) in [5, 5.41) is 3.80. The number of hydrogen-bond donors (Lipinski definition) is 3. The number of likely N-dealkylation sites (N-methyl/N-ethyl adjacent to an activating group) is 1. The highest BCUT2D eigenvalue weighted by Crippen LogP contribution is 2.45. The molecule has 5 aliphatic heterocycles. The lowest BCUT2D eigenvalue weighted by Crippen LogP contribution is -2.62. The molecule has 2 saturated heterocycles. The van der Waals surface area contributed by atoms with Gasteiger partial charge in [-0.15, -0.1) is 0 Å². The van der Waals surface area contributed by atoms with Gasteiger partial charge in [-0.3, -0.25) is 19.8 Å². The summed E-state index contributed by atoms with van der Waals surface area (Å²) in [6.45, 7) is 6.69. The minimum atomic E-state index is -0.661. The summed E-state index contributed by atoms with van der Waals surface area (Å²) in [5.74, 6) is 1.86. The normalized spacial score (nSPS) is 19.6. The van der Waals surface area contributed by atoms with Gasteiger partial charge in [-0.25, -0.2) is 14.2 Å². The average molecular weight is 917 g/mol. The number of piperazine rings is 1. The number of para-hydroxylation sites is 1. The van der Waals surface area contributed by atoms with Crippen molar-refractivity contribution in [3.05, 3.63) is 148 Å². The number of carbonyl (C=O) groups excluding carboxylic acids is 3. The zero-order chi connectivity index (χ0) is 46.6. The number of H-pyrrole nitrogens is 1. The molecule has 7 heterocycles. The van der Waals surface area contributed by atoms with Crippen LogP contribution < -0.4 is 25.3 Å². The van der Waals surface area contributed by atoms with Crippen LogP contribution in [0.15, 0.2) is 103 Å². The number of anilines is 1. The minimum Gasteiger partial charge on any atom is -0.488 e. The van der Waals surface area contributed by atoms with Gasteiger partial charge < -0.3 is 44.0 Å². The second-order valence-electron chi connectivity index (χ2n) is 17.7. The van der Waals surface area contributed by atoms with E-state index in [-0.39, 0.29) is 43.1 Å². The number of nitrogens with one attached hydrogen (secondary N) is 2. The Morgan fingerprint density at radius 1 is 0.926 bits per heavy atom. The summed E-state index contributed by atoms with van der Waals surface area (Å²) >= 11 is 0. The highest BCUT2D eigenvalue weighted by molar-refractivity contribution is 5.98. The van der Waals surface area contributed by atoms with Gasteiger partial charge in [0.05, 0.1) is 36.8 Å². The van der Waals surface area contributed by atoms with Gasteiger partial charge >= 0.3 is 6.03 Å². The molecule has 0 radical (unpaired) electrons. The van der Waals surface area contributed by atoms with Crippen molar-refractivity contribution in [3.63, 3.8) is 0 Å². The van der Waals surface area contributed by atoms with Gasteiger partial charge in [-0.1, -0.05) is 54.6 Å². The van der Waals surface area contributed by atoms with Gasteiger partial charge in [0.15, 0.2) is 11.5 Å². The molecule has 2 aromatic heterocycles. The first-order valence-electron chi connectivity index (χ1n) is 22.7. The number of rotatable bonds is 6. The number of ether oxygens (including phenoxy) is 4. The molecule has 346 valence electrons. The maximum absolute atomic E-state index is 14.1. The monoisotopic (exact) mass is 916 g/mol. The number of aromatic nitrogens is 3. The van der Waals surface area contributed by atoms with E-state index in [1.165, 1.54) is 17.0 Å². The standard InChI is InChI=1S/C30H30FN5O3.C22H19N3O4/c1-19(17-35-10-12-38-13-11-35)36-27-9-6-20(15-26(27)33-30(36)34-29(32)37)14-25-23-5-3-2-4-21(23)18-39-28-16-22(31)7-8-24(25)28;1-24-10-19(26)25-16(22(24)27)9-14-13-4-2-3-5-15(13)23-20(14)21(25)12-6-7-17-18(8-12)29-11-28-17/h2-9,14-16,19H,10-13,17-18H2,1H3,(H3,32,33,34,37);2-8,16,21,23H,9-11H2,1H3/b25-14+;/t19-;16-,21-/m11/s1. The zero-order valence-electron chi connectivity index (χ0n) is 37.5. The van der Waals surface area contributed by atoms with E-state index in [0.717, 1.165) is 86.2 Å². The third-order valence-electron chi connectivity index (χ3n) is 13.4. The van der Waals surface area contributed by atoms with E-state index in [1.807, 2.05) is 77.4 Å². The number of primary amides is 1. The van der Waals surface area contributed by atoms with Crippen LogP contribution in [0.25, 0.3) is 33.6 Å². The van der Waals surface area contributed by atoms with Gasteiger partial charge in [-0.2, -0.15) is 0 Å². The second kappa shape index (κ2) is 17.5. The highest BCUT2D eigenvalue weighted by Gasteiger charge is 2.47. The smallest absolute Gasteiger partial charge is 0.318 e. The van der Waals surface area contributed by atoms with Crippen molar-refractivity contribution in [2.45, 2.75) is 38.1 Å². The van der Waals surface area contributed by atoms with Crippen LogP contribution in [0.2, 0.25) is 0 Å². The van der Waals surface area contributed by atoms with Gasteiger partial charge in [0.25, 0.3) is 0 Å². The molecule has 15 nitrogen and oxygen atoms in total. The quantitative estimate of drug-likeness (QED) is 0.156. The molecular formula is C52H49FN8O7. The number of halogens is 1. The fourth-order valence-electron chi connectivity index (χ4n) is 10.3. The molecule has 7 aromatic rings. The van der Waals surface area contributed by atoms with Crippen molar-refractivity contribution in [1.29, 1.82) is 0 Å². The molecule has 0 saturated carbocycles.